The van der Waals surface area contributed by atoms with Gasteiger partial charge in [-0.15, -0.1) is 0 Å². The summed E-state index contributed by atoms with van der Waals surface area (Å²) in [5.74, 6) is 0. The quantitative estimate of drug-likeness (QED) is 0.744. The minimum Gasteiger partial charge on any atom is -0.335 e. The van der Waals surface area contributed by atoms with E-state index in [1.165, 1.54) is 4.57 Å². The molecule has 1 heterocycles. The number of aromatic nitrogens is 2. The topological polar surface area (TPSA) is 20.7 Å². The lowest BCUT2D eigenvalue weighted by Crippen LogP contribution is -2.11. The Bertz CT molecular complexity index is 336. The van der Waals surface area contributed by atoms with Crippen molar-refractivity contribution in [1.29, 1.82) is 0 Å². The van der Waals surface area contributed by atoms with Crippen molar-refractivity contribution in [2.45, 2.75) is 26.1 Å². The van der Waals surface area contributed by atoms with Crippen molar-refractivity contribution in [2.75, 3.05) is 0 Å². The number of imidazole rings is 1. The summed E-state index contributed by atoms with van der Waals surface area (Å²) in [6.45, 7) is 1.63. The fraction of sp³-hybridized carbons (Fsp3) is 0.571. The first-order valence-electron chi connectivity index (χ1n) is 3.71. The molecule has 1 N–H and O–H groups in total. The summed E-state index contributed by atoms with van der Waals surface area (Å²) < 4.78 is 37.2. The van der Waals surface area contributed by atoms with Crippen LogP contribution in [-0.2, 0) is 6.54 Å². The summed E-state index contributed by atoms with van der Waals surface area (Å²) in [6, 6.07) is 0. The van der Waals surface area contributed by atoms with Crippen molar-refractivity contribution < 1.29 is 13.2 Å². The van der Waals surface area contributed by atoms with Crippen LogP contribution >= 0.6 is 12.2 Å². The Morgan fingerprint density at radius 1 is 1.54 bits per heavy atom. The number of aryl methyl sites for hydroxylation is 2. The van der Waals surface area contributed by atoms with Gasteiger partial charge in [-0.05, 0) is 19.1 Å². The van der Waals surface area contributed by atoms with E-state index in [1.54, 1.807) is 13.1 Å². The van der Waals surface area contributed by atoms with E-state index < -0.39 is 12.6 Å². The first kappa shape index (κ1) is 10.3. The zero-order valence-corrected chi connectivity index (χ0v) is 7.80. The maximum Gasteiger partial charge on any atom is 0.390 e. The first-order chi connectivity index (χ1) is 5.88. The molecule has 1 rings (SSSR count). The first-order valence-corrected chi connectivity index (χ1v) is 4.12. The Morgan fingerprint density at radius 2 is 2.15 bits per heavy atom. The molecule has 0 unspecified atom stereocenters. The van der Waals surface area contributed by atoms with Crippen LogP contribution in [0.1, 0.15) is 12.1 Å². The summed E-state index contributed by atoms with van der Waals surface area (Å²) in [5, 5.41) is 0. The number of nitrogens with zero attached hydrogens (tertiary/aromatic N) is 1. The molecule has 0 aliphatic carbocycles. The van der Waals surface area contributed by atoms with Crippen LogP contribution < -0.4 is 0 Å². The Balaban J connectivity index is 2.65. The minimum atomic E-state index is -4.13. The highest BCUT2D eigenvalue weighted by molar-refractivity contribution is 7.71. The van der Waals surface area contributed by atoms with Crippen LogP contribution in [0.3, 0.4) is 0 Å². The van der Waals surface area contributed by atoms with E-state index >= 15 is 0 Å². The molecule has 0 amide bonds. The highest BCUT2D eigenvalue weighted by Crippen LogP contribution is 2.20. The summed E-state index contributed by atoms with van der Waals surface area (Å²) in [5.41, 5.74) is 0.771. The van der Waals surface area contributed by atoms with Gasteiger partial charge < -0.3 is 9.55 Å². The van der Waals surface area contributed by atoms with E-state index in [0.29, 0.717) is 4.77 Å². The van der Waals surface area contributed by atoms with Gasteiger partial charge in [-0.2, -0.15) is 13.2 Å². The van der Waals surface area contributed by atoms with E-state index in [0.717, 1.165) is 5.69 Å². The van der Waals surface area contributed by atoms with Crippen LogP contribution in [0.5, 0.6) is 0 Å². The summed E-state index contributed by atoms with van der Waals surface area (Å²) >= 11 is 4.80. The van der Waals surface area contributed by atoms with E-state index in [9.17, 15) is 13.2 Å². The lowest BCUT2D eigenvalue weighted by atomic mass is 10.4. The molecule has 0 spiro atoms. The Kier molecular flexibility index (Phi) is 2.80. The molecule has 1 aromatic heterocycles. The van der Waals surface area contributed by atoms with Gasteiger partial charge in [-0.3, -0.25) is 0 Å². The molecule has 13 heavy (non-hydrogen) atoms. The number of alkyl halides is 3. The molecule has 0 atom stereocenters. The number of hydrogen-bond donors (Lipinski definition) is 1. The van der Waals surface area contributed by atoms with Crippen LogP contribution in [0.15, 0.2) is 6.20 Å². The molecule has 0 aliphatic heterocycles. The minimum absolute atomic E-state index is 0.118. The lowest BCUT2D eigenvalue weighted by molar-refractivity contribution is -0.136. The molecule has 0 aliphatic rings. The monoisotopic (exact) mass is 210 g/mol. The van der Waals surface area contributed by atoms with Gasteiger partial charge in [0.2, 0.25) is 0 Å². The second kappa shape index (κ2) is 3.53. The maximum atomic E-state index is 11.8. The molecule has 1 aromatic rings. The van der Waals surface area contributed by atoms with Gasteiger partial charge in [0.05, 0.1) is 6.42 Å². The number of halogens is 3. The van der Waals surface area contributed by atoms with Gasteiger partial charge >= 0.3 is 6.18 Å². The summed E-state index contributed by atoms with van der Waals surface area (Å²) in [4.78, 5) is 2.75. The van der Waals surface area contributed by atoms with Gasteiger partial charge in [-0.25, -0.2) is 0 Å². The van der Waals surface area contributed by atoms with Crippen LogP contribution in [0.2, 0.25) is 0 Å². The zero-order valence-electron chi connectivity index (χ0n) is 6.98. The van der Waals surface area contributed by atoms with Crippen LogP contribution in [0, 0.1) is 11.7 Å². The second-order valence-electron chi connectivity index (χ2n) is 2.80. The van der Waals surface area contributed by atoms with Gasteiger partial charge in [0.25, 0.3) is 0 Å². The SMILES string of the molecule is Cc1cn(CCC(F)(F)F)c(=S)[nH]1. The smallest absolute Gasteiger partial charge is 0.335 e. The summed E-state index contributed by atoms with van der Waals surface area (Å²) in [7, 11) is 0. The predicted octanol–water partition coefficient (Wildman–Crippen LogP) is 2.81. The van der Waals surface area contributed by atoms with Crippen LogP contribution in [0.4, 0.5) is 13.2 Å². The molecule has 0 bridgehead atoms. The van der Waals surface area contributed by atoms with Crippen molar-refractivity contribution in [3.8, 4) is 0 Å². The van der Waals surface area contributed by atoms with Crippen molar-refractivity contribution >= 4 is 12.2 Å². The van der Waals surface area contributed by atoms with Crippen LogP contribution in [-0.4, -0.2) is 15.7 Å². The lowest BCUT2D eigenvalue weighted by Gasteiger charge is -2.05. The third-order valence-corrected chi connectivity index (χ3v) is 1.89. The average Bonchev–Trinajstić information content (AvgIpc) is 2.24. The molecule has 0 saturated heterocycles. The number of aromatic amines is 1. The molecular formula is C7H9F3N2S. The third-order valence-electron chi connectivity index (χ3n) is 1.55. The fourth-order valence-electron chi connectivity index (χ4n) is 0.978. The van der Waals surface area contributed by atoms with Gasteiger partial charge in [-0.1, -0.05) is 0 Å². The molecule has 0 aromatic carbocycles. The Morgan fingerprint density at radius 3 is 2.54 bits per heavy atom. The highest BCUT2D eigenvalue weighted by atomic mass is 32.1. The number of hydrogen-bond acceptors (Lipinski definition) is 1. The normalized spacial score (nSPS) is 12.0. The standard InChI is InChI=1S/C7H9F3N2S/c1-5-4-12(6(13)11-5)3-2-7(8,9)10/h4H,2-3H2,1H3,(H,11,13). The Hall–Kier alpha value is -0.780. The van der Waals surface area contributed by atoms with Crippen molar-refractivity contribution in [3.05, 3.63) is 16.7 Å². The van der Waals surface area contributed by atoms with Gasteiger partial charge in [0.15, 0.2) is 4.77 Å². The molecule has 0 saturated carbocycles. The van der Waals surface area contributed by atoms with E-state index in [1.807, 2.05) is 0 Å². The van der Waals surface area contributed by atoms with E-state index in [4.69, 9.17) is 12.2 Å². The van der Waals surface area contributed by atoms with Crippen molar-refractivity contribution in [3.63, 3.8) is 0 Å². The second-order valence-corrected chi connectivity index (χ2v) is 3.19. The number of rotatable bonds is 2. The fourth-order valence-corrected chi connectivity index (χ4v) is 1.28. The molecule has 0 radical (unpaired) electrons. The largest absolute Gasteiger partial charge is 0.390 e. The van der Waals surface area contributed by atoms with Crippen LogP contribution in [0.25, 0.3) is 0 Å². The van der Waals surface area contributed by atoms with Crippen molar-refractivity contribution in [2.24, 2.45) is 0 Å². The Labute approximate surface area is 78.4 Å². The summed E-state index contributed by atoms with van der Waals surface area (Å²) in [6.07, 6.45) is -3.40. The maximum absolute atomic E-state index is 11.8. The molecule has 0 fully saturated rings. The van der Waals surface area contributed by atoms with Crippen molar-refractivity contribution in [1.82, 2.24) is 9.55 Å². The predicted molar refractivity (Wildman–Crippen MR) is 45.0 cm³/mol. The van der Waals surface area contributed by atoms with E-state index in [-0.39, 0.29) is 6.54 Å². The molecular weight excluding hydrogens is 201 g/mol. The number of H-pyrrole nitrogens is 1. The highest BCUT2D eigenvalue weighted by Gasteiger charge is 2.26. The molecule has 74 valence electrons. The average molecular weight is 210 g/mol. The van der Waals surface area contributed by atoms with Gasteiger partial charge in [0, 0.05) is 18.4 Å². The number of nitrogens with one attached hydrogen (secondary N) is 1. The van der Waals surface area contributed by atoms with E-state index in [2.05, 4.69) is 4.98 Å². The third kappa shape index (κ3) is 3.22. The molecule has 6 heteroatoms. The van der Waals surface area contributed by atoms with Gasteiger partial charge in [0.1, 0.15) is 0 Å². The molecule has 2 nitrogen and oxygen atoms in total. The zero-order chi connectivity index (χ0) is 10.1.